The summed E-state index contributed by atoms with van der Waals surface area (Å²) < 4.78 is 0.749. The van der Waals surface area contributed by atoms with Crippen molar-refractivity contribution in [3.8, 4) is 0 Å². The molecule has 0 spiro atoms. The molecule has 18 heavy (non-hydrogen) atoms. The molecule has 92 valence electrons. The van der Waals surface area contributed by atoms with Crippen molar-refractivity contribution in [1.29, 1.82) is 0 Å². The average molecular weight is 344 g/mol. The Morgan fingerprint density at radius 2 is 2.22 bits per heavy atom. The Kier molecular flexibility index (Phi) is 4.11. The molecule has 0 radical (unpaired) electrons. The molecule has 0 bridgehead atoms. The SMILES string of the molecule is NC(=S)c1cncnc1Nc1cccc(Cl)c1Br. The summed E-state index contributed by atoms with van der Waals surface area (Å²) in [5.74, 6) is 0.542. The number of nitrogens with two attached hydrogens (primary N) is 1. The number of nitrogens with one attached hydrogen (secondary N) is 1. The normalized spacial score (nSPS) is 10.1. The van der Waals surface area contributed by atoms with Crippen molar-refractivity contribution in [2.45, 2.75) is 0 Å². The van der Waals surface area contributed by atoms with E-state index in [0.29, 0.717) is 16.4 Å². The van der Waals surface area contributed by atoms with Gasteiger partial charge >= 0.3 is 0 Å². The van der Waals surface area contributed by atoms with Gasteiger partial charge in [-0.05, 0) is 28.1 Å². The first-order valence-corrected chi connectivity index (χ1v) is 6.48. The minimum atomic E-state index is 0.233. The Labute approximate surface area is 123 Å². The highest BCUT2D eigenvalue weighted by Crippen LogP contribution is 2.32. The van der Waals surface area contributed by atoms with Gasteiger partial charge in [0.15, 0.2) is 0 Å². The monoisotopic (exact) mass is 342 g/mol. The largest absolute Gasteiger partial charge is 0.389 e. The van der Waals surface area contributed by atoms with Crippen molar-refractivity contribution in [1.82, 2.24) is 9.97 Å². The van der Waals surface area contributed by atoms with Crippen molar-refractivity contribution in [2.75, 3.05) is 5.32 Å². The van der Waals surface area contributed by atoms with Crippen LogP contribution >= 0.6 is 39.7 Å². The van der Waals surface area contributed by atoms with Gasteiger partial charge in [0.1, 0.15) is 17.1 Å². The number of anilines is 2. The lowest BCUT2D eigenvalue weighted by Crippen LogP contribution is -2.13. The molecule has 3 N–H and O–H groups in total. The zero-order valence-corrected chi connectivity index (χ0v) is 12.2. The minimum absolute atomic E-state index is 0.233. The van der Waals surface area contributed by atoms with E-state index in [4.69, 9.17) is 29.6 Å². The maximum atomic E-state index is 6.01. The van der Waals surface area contributed by atoms with E-state index in [9.17, 15) is 0 Å². The van der Waals surface area contributed by atoms with Crippen LogP contribution in [0.5, 0.6) is 0 Å². The second-order valence-corrected chi connectivity index (χ2v) is 5.02. The lowest BCUT2D eigenvalue weighted by Gasteiger charge is -2.11. The second-order valence-electron chi connectivity index (χ2n) is 3.38. The van der Waals surface area contributed by atoms with Crippen LogP contribution in [-0.2, 0) is 0 Å². The van der Waals surface area contributed by atoms with Gasteiger partial charge in [-0.1, -0.05) is 29.9 Å². The maximum Gasteiger partial charge on any atom is 0.144 e. The predicted molar refractivity (Wildman–Crippen MR) is 80.4 cm³/mol. The third-order valence-corrected chi connectivity index (χ3v) is 3.80. The lowest BCUT2D eigenvalue weighted by molar-refractivity contribution is 1.16. The molecule has 2 aromatic rings. The fourth-order valence-corrected chi connectivity index (χ4v) is 2.02. The Hall–Kier alpha value is -1.24. The van der Waals surface area contributed by atoms with Crippen molar-refractivity contribution >= 4 is 56.2 Å². The van der Waals surface area contributed by atoms with Crippen LogP contribution in [0, 0.1) is 0 Å². The van der Waals surface area contributed by atoms with E-state index in [-0.39, 0.29) is 4.99 Å². The van der Waals surface area contributed by atoms with Crippen LogP contribution in [0.2, 0.25) is 5.02 Å². The van der Waals surface area contributed by atoms with E-state index in [0.717, 1.165) is 10.2 Å². The highest BCUT2D eigenvalue weighted by Gasteiger charge is 2.09. The van der Waals surface area contributed by atoms with Gasteiger partial charge in [-0.25, -0.2) is 9.97 Å². The molecule has 0 fully saturated rings. The summed E-state index contributed by atoms with van der Waals surface area (Å²) in [6, 6.07) is 5.48. The van der Waals surface area contributed by atoms with Crippen molar-refractivity contribution < 1.29 is 0 Å². The summed E-state index contributed by atoms with van der Waals surface area (Å²) in [4.78, 5) is 8.24. The van der Waals surface area contributed by atoms with Crippen LogP contribution in [0.4, 0.5) is 11.5 Å². The van der Waals surface area contributed by atoms with Gasteiger partial charge in [-0.2, -0.15) is 0 Å². The van der Waals surface area contributed by atoms with Crippen molar-refractivity contribution in [2.24, 2.45) is 5.73 Å². The van der Waals surface area contributed by atoms with Crippen LogP contribution in [0.15, 0.2) is 35.2 Å². The van der Waals surface area contributed by atoms with Gasteiger partial charge in [0.05, 0.1) is 20.7 Å². The Bertz CT molecular complexity index is 605. The van der Waals surface area contributed by atoms with E-state index in [2.05, 4.69) is 31.2 Å². The molecule has 0 atom stereocenters. The summed E-state index contributed by atoms with van der Waals surface area (Å²) in [5, 5.41) is 3.72. The number of hydrogen-bond acceptors (Lipinski definition) is 4. The van der Waals surface area contributed by atoms with Gasteiger partial charge in [0.25, 0.3) is 0 Å². The van der Waals surface area contributed by atoms with E-state index >= 15 is 0 Å². The summed E-state index contributed by atoms with van der Waals surface area (Å²) in [5.41, 5.74) is 6.97. The van der Waals surface area contributed by atoms with Gasteiger partial charge in [-0.3, -0.25) is 0 Å². The number of thiocarbonyl (C=S) groups is 1. The molecule has 0 aliphatic carbocycles. The van der Waals surface area contributed by atoms with E-state index in [1.807, 2.05) is 12.1 Å². The topological polar surface area (TPSA) is 63.8 Å². The summed E-state index contributed by atoms with van der Waals surface area (Å²) in [7, 11) is 0. The number of hydrogen-bond donors (Lipinski definition) is 2. The molecule has 4 nitrogen and oxygen atoms in total. The smallest absolute Gasteiger partial charge is 0.144 e. The number of halogens is 2. The van der Waals surface area contributed by atoms with Crippen molar-refractivity contribution in [3.05, 3.63) is 45.8 Å². The standard InChI is InChI=1S/C11H8BrClN4S/c12-9-7(13)2-1-3-8(9)17-11-6(10(14)18)4-15-5-16-11/h1-5H,(H2,14,18)(H,15,16,17). The molecule has 0 aliphatic heterocycles. The van der Waals surface area contributed by atoms with E-state index in [1.54, 1.807) is 12.3 Å². The summed E-state index contributed by atoms with van der Waals surface area (Å²) >= 11 is 14.4. The van der Waals surface area contributed by atoms with Gasteiger partial charge in [0, 0.05) is 6.20 Å². The number of benzene rings is 1. The van der Waals surface area contributed by atoms with Crippen LogP contribution < -0.4 is 11.1 Å². The zero-order chi connectivity index (χ0) is 13.1. The molecule has 2 rings (SSSR count). The second kappa shape index (κ2) is 5.60. The van der Waals surface area contributed by atoms with Crippen LogP contribution in [-0.4, -0.2) is 15.0 Å². The van der Waals surface area contributed by atoms with E-state index in [1.165, 1.54) is 6.33 Å². The van der Waals surface area contributed by atoms with Gasteiger partial charge < -0.3 is 11.1 Å². The first-order chi connectivity index (χ1) is 8.59. The van der Waals surface area contributed by atoms with E-state index < -0.39 is 0 Å². The van der Waals surface area contributed by atoms with Crippen LogP contribution in [0.1, 0.15) is 5.56 Å². The average Bonchev–Trinajstić information content (AvgIpc) is 2.35. The molecule has 7 heteroatoms. The fraction of sp³-hybridized carbons (Fsp3) is 0. The maximum absolute atomic E-state index is 6.01. The first-order valence-electron chi connectivity index (χ1n) is 4.90. The molecular weight excluding hydrogens is 336 g/mol. The molecule has 0 aliphatic rings. The van der Waals surface area contributed by atoms with Crippen LogP contribution in [0.3, 0.4) is 0 Å². The molecule has 1 heterocycles. The lowest BCUT2D eigenvalue weighted by atomic mass is 10.2. The zero-order valence-electron chi connectivity index (χ0n) is 9.02. The number of rotatable bonds is 3. The molecule has 0 amide bonds. The quantitative estimate of drug-likeness (QED) is 0.837. The fourth-order valence-electron chi connectivity index (χ4n) is 1.34. The molecule has 0 unspecified atom stereocenters. The molecule has 1 aromatic carbocycles. The number of nitrogens with zero attached hydrogens (tertiary/aromatic N) is 2. The highest BCUT2D eigenvalue weighted by molar-refractivity contribution is 9.10. The molecule has 0 saturated heterocycles. The Balaban J connectivity index is 2.40. The van der Waals surface area contributed by atoms with Crippen LogP contribution in [0.25, 0.3) is 0 Å². The summed E-state index contributed by atoms with van der Waals surface area (Å²) in [6.45, 7) is 0. The highest BCUT2D eigenvalue weighted by atomic mass is 79.9. The number of aromatic nitrogens is 2. The Morgan fingerprint density at radius 3 is 2.94 bits per heavy atom. The molecule has 0 saturated carbocycles. The van der Waals surface area contributed by atoms with Gasteiger partial charge in [0.2, 0.25) is 0 Å². The summed E-state index contributed by atoms with van der Waals surface area (Å²) in [6.07, 6.45) is 2.98. The Morgan fingerprint density at radius 1 is 1.44 bits per heavy atom. The minimum Gasteiger partial charge on any atom is -0.389 e. The molecular formula is C11H8BrClN4S. The van der Waals surface area contributed by atoms with Gasteiger partial charge in [-0.15, -0.1) is 0 Å². The predicted octanol–water partition coefficient (Wildman–Crippen LogP) is 3.27. The third kappa shape index (κ3) is 2.77. The van der Waals surface area contributed by atoms with Crippen molar-refractivity contribution in [3.63, 3.8) is 0 Å². The third-order valence-electron chi connectivity index (χ3n) is 2.18. The molecule has 1 aromatic heterocycles. The first kappa shape index (κ1) is 13.2.